The maximum atomic E-state index is 12.1. The second-order valence-electron chi connectivity index (χ2n) is 9.93. The van der Waals surface area contributed by atoms with E-state index in [-0.39, 0.29) is 176 Å². The van der Waals surface area contributed by atoms with E-state index in [0.717, 1.165) is 55.0 Å². The Morgan fingerprint density at radius 1 is 0.792 bits per heavy atom. The number of nitrogen functional groups attached to an aromatic ring is 1. The standard InChI is InChI=1S/C11H8N2O3.C11H14N2O.C6H4FNO2.C5H5NO.CH2O3.2Cs.H2.H/c14-11-3-1-2-8-12(11)9-4-6-10(7-5-9)13(15)16;12-9-4-6-10(7-5-9)13-8-2-1-3-11(13)14;7-5-1-3-6(4-2-5)8(9)10;7-5-3-1-2-4-6-5;2-1-4-3;;;;/h1-8H;4-7H,1-3,8,12H2;1-4H;1-4H,(H,6,7);1,3H;;;1H;/q;;;;;2*+1;;-1/p-1. The summed E-state index contributed by atoms with van der Waals surface area (Å²) in [7, 11) is 0. The Balaban J connectivity index is -0.000000639. The molecular formula is C34H35Cs2FN6O10. The molecule has 270 valence electrons. The fourth-order valence-electron chi connectivity index (χ4n) is 4.05. The number of piperidine rings is 1. The van der Waals surface area contributed by atoms with Crippen molar-refractivity contribution >= 4 is 35.1 Å². The van der Waals surface area contributed by atoms with Crippen LogP contribution in [0.2, 0.25) is 0 Å². The van der Waals surface area contributed by atoms with E-state index >= 15 is 0 Å². The number of aromatic nitrogens is 2. The molecule has 0 spiro atoms. The van der Waals surface area contributed by atoms with Crippen LogP contribution in [0.25, 0.3) is 5.69 Å². The number of nitro benzene ring substituents is 2. The number of nitrogens with two attached hydrogens (primary N) is 1. The molecule has 2 aromatic heterocycles. The van der Waals surface area contributed by atoms with Gasteiger partial charge in [0, 0.05) is 80.2 Å². The number of carbonyl (C=O) groups is 2. The van der Waals surface area contributed by atoms with E-state index in [1.807, 2.05) is 29.2 Å². The molecule has 0 aliphatic carbocycles. The average molecular weight is 972 g/mol. The van der Waals surface area contributed by atoms with E-state index in [0.29, 0.717) is 12.1 Å². The maximum absolute atomic E-state index is 12.1. The second kappa shape index (κ2) is 28.5. The zero-order valence-corrected chi connectivity index (χ0v) is 41.3. The summed E-state index contributed by atoms with van der Waals surface area (Å²) in [5.41, 5.74) is 7.58. The molecular weight excluding hydrogens is 937 g/mol. The van der Waals surface area contributed by atoms with Gasteiger partial charge in [-0.3, -0.25) is 44.0 Å². The van der Waals surface area contributed by atoms with Crippen molar-refractivity contribution in [3.8, 4) is 5.69 Å². The number of carbonyl (C=O) groups excluding carboxylic acids is 2. The Bertz CT molecular complexity index is 1960. The summed E-state index contributed by atoms with van der Waals surface area (Å²) >= 11 is 0. The summed E-state index contributed by atoms with van der Waals surface area (Å²) < 4.78 is 13.5. The number of benzene rings is 3. The molecule has 19 heteroatoms. The smallest absolute Gasteiger partial charge is 1.00 e. The normalized spacial score (nSPS) is 10.8. The molecule has 0 unspecified atom stereocenters. The van der Waals surface area contributed by atoms with Crippen LogP contribution in [-0.2, 0) is 14.5 Å². The van der Waals surface area contributed by atoms with Gasteiger partial charge in [-0.25, -0.2) is 4.39 Å². The van der Waals surface area contributed by atoms with Crippen molar-refractivity contribution in [1.29, 1.82) is 0 Å². The molecule has 0 saturated carbocycles. The third-order valence-corrected chi connectivity index (χ3v) is 6.45. The number of amides is 1. The molecule has 5 aromatic rings. The van der Waals surface area contributed by atoms with Gasteiger partial charge in [0.25, 0.3) is 23.4 Å². The van der Waals surface area contributed by atoms with Gasteiger partial charge in [0.1, 0.15) is 5.82 Å². The molecule has 0 radical (unpaired) electrons. The summed E-state index contributed by atoms with van der Waals surface area (Å²) in [4.78, 5) is 68.2. The molecule has 53 heavy (non-hydrogen) atoms. The van der Waals surface area contributed by atoms with Crippen molar-refractivity contribution in [1.82, 2.24) is 9.55 Å². The zero-order chi connectivity index (χ0) is 37.6. The first-order valence-corrected chi connectivity index (χ1v) is 14.8. The molecule has 16 nitrogen and oxygen atoms in total. The van der Waals surface area contributed by atoms with Crippen molar-refractivity contribution < 1.29 is 175 Å². The predicted molar refractivity (Wildman–Crippen MR) is 186 cm³/mol. The second-order valence-corrected chi connectivity index (χ2v) is 9.93. The topological polar surface area (TPSA) is 237 Å². The van der Waals surface area contributed by atoms with Gasteiger partial charge >= 0.3 is 138 Å². The minimum atomic E-state index is -0.570. The van der Waals surface area contributed by atoms with Crippen LogP contribution in [0.5, 0.6) is 0 Å². The number of pyridine rings is 2. The number of hydrogen-bond donors (Lipinski definition) is 2. The van der Waals surface area contributed by atoms with Crippen molar-refractivity contribution in [2.45, 2.75) is 19.3 Å². The van der Waals surface area contributed by atoms with E-state index < -0.39 is 15.7 Å². The van der Waals surface area contributed by atoms with Crippen LogP contribution in [0.1, 0.15) is 22.1 Å². The number of non-ortho nitro benzene ring substituents is 2. The van der Waals surface area contributed by atoms with Gasteiger partial charge in [-0.2, -0.15) is 0 Å². The fraction of sp³-hybridized carbons (Fsp3) is 0.118. The van der Waals surface area contributed by atoms with Crippen molar-refractivity contribution in [3.63, 3.8) is 0 Å². The van der Waals surface area contributed by atoms with Gasteiger partial charge in [0.15, 0.2) is 0 Å². The summed E-state index contributed by atoms with van der Waals surface area (Å²) in [5.74, 6) is -0.244. The summed E-state index contributed by atoms with van der Waals surface area (Å²) in [6, 6.07) is 27.4. The average Bonchev–Trinajstić information content (AvgIpc) is 3.14. The molecule has 1 amide bonds. The monoisotopic (exact) mass is 972 g/mol. The molecule has 1 saturated heterocycles. The number of aromatic amines is 1. The first kappa shape index (κ1) is 50.1. The quantitative estimate of drug-likeness (QED) is 0.0672. The summed E-state index contributed by atoms with van der Waals surface area (Å²) in [5, 5.41) is 28.9. The molecule has 3 aromatic carbocycles. The summed E-state index contributed by atoms with van der Waals surface area (Å²) in [6.07, 6.45) is 6.00. The molecule has 0 atom stereocenters. The number of halogens is 1. The third-order valence-electron chi connectivity index (χ3n) is 6.45. The molecule has 3 heterocycles. The summed E-state index contributed by atoms with van der Waals surface area (Å²) in [6.45, 7) is 0.656. The van der Waals surface area contributed by atoms with E-state index in [2.05, 4.69) is 9.87 Å². The largest absolute Gasteiger partial charge is 1.00 e. The fourth-order valence-corrected chi connectivity index (χ4v) is 4.05. The number of hydrogen-bond acceptors (Lipinski definition) is 11. The Labute approximate surface area is 422 Å². The van der Waals surface area contributed by atoms with E-state index in [1.54, 1.807) is 48.8 Å². The minimum absolute atomic E-state index is 0. The van der Waals surface area contributed by atoms with Gasteiger partial charge in [-0.1, -0.05) is 12.1 Å². The van der Waals surface area contributed by atoms with Crippen LogP contribution in [0.15, 0.2) is 131 Å². The van der Waals surface area contributed by atoms with Crippen LogP contribution in [-0.4, -0.2) is 38.3 Å². The Morgan fingerprint density at radius 2 is 1.32 bits per heavy atom. The Hall–Kier alpha value is -2.91. The van der Waals surface area contributed by atoms with Crippen LogP contribution in [0.3, 0.4) is 0 Å². The van der Waals surface area contributed by atoms with E-state index in [9.17, 15) is 39.0 Å². The van der Waals surface area contributed by atoms with Gasteiger partial charge in [0.05, 0.1) is 9.85 Å². The Kier molecular flexibility index (Phi) is 27.0. The van der Waals surface area contributed by atoms with Gasteiger partial charge in [0.2, 0.25) is 11.5 Å². The van der Waals surface area contributed by atoms with Crippen LogP contribution >= 0.6 is 0 Å². The first-order chi connectivity index (χ1) is 24.5. The molecule has 6 rings (SSSR count). The van der Waals surface area contributed by atoms with E-state index in [1.165, 1.54) is 28.8 Å². The number of nitrogens with one attached hydrogen (secondary N) is 1. The number of H-pyrrole nitrogens is 1. The van der Waals surface area contributed by atoms with Crippen molar-refractivity contribution in [2.75, 3.05) is 17.2 Å². The number of nitro groups is 2. The van der Waals surface area contributed by atoms with Crippen molar-refractivity contribution in [2.24, 2.45) is 0 Å². The van der Waals surface area contributed by atoms with Gasteiger partial charge in [-0.05, 0) is 73.5 Å². The first-order valence-electron chi connectivity index (χ1n) is 14.8. The zero-order valence-electron chi connectivity index (χ0n) is 29.8. The molecule has 1 aliphatic rings. The minimum Gasteiger partial charge on any atom is -1.00 e. The van der Waals surface area contributed by atoms with Gasteiger partial charge < -0.3 is 27.2 Å². The third kappa shape index (κ3) is 19.8. The number of rotatable bonds is 5. The SMILES string of the molecule is Nc1ccc(N2CCCCC2=O)cc1.O=CO[O-].O=[N+]([O-])c1ccc(F)cc1.O=c1cccc[nH]1.O=c1ccccn1-c1ccc([N+](=O)[O-])cc1.[Cs+].[Cs+].[H-].[HH]. The molecule has 1 fully saturated rings. The number of nitrogens with zero attached hydrogens (tertiary/aromatic N) is 4. The van der Waals surface area contributed by atoms with Crippen LogP contribution in [0.4, 0.5) is 27.1 Å². The Morgan fingerprint density at radius 3 is 1.75 bits per heavy atom. The van der Waals surface area contributed by atoms with Crippen LogP contribution < -0.4 is 165 Å². The number of anilines is 2. The van der Waals surface area contributed by atoms with E-state index in [4.69, 9.17) is 15.8 Å². The van der Waals surface area contributed by atoms with Crippen LogP contribution in [0, 0.1) is 26.0 Å². The predicted octanol–water partition coefficient (Wildman–Crippen LogP) is -1.56. The molecule has 0 bridgehead atoms. The maximum Gasteiger partial charge on any atom is 1.00 e. The van der Waals surface area contributed by atoms with Gasteiger partial charge in [-0.15, -0.1) is 0 Å². The molecule has 1 aliphatic heterocycles. The molecule has 3 N–H and O–H groups in total. The van der Waals surface area contributed by atoms with Crippen molar-refractivity contribution in [3.05, 3.63) is 168 Å².